The van der Waals surface area contributed by atoms with Gasteiger partial charge in [-0.25, -0.2) is 4.39 Å². The van der Waals surface area contributed by atoms with Crippen LogP contribution in [-0.2, 0) is 30.8 Å². The highest BCUT2D eigenvalue weighted by atomic mass is 19.1. The van der Waals surface area contributed by atoms with Crippen molar-refractivity contribution in [3.63, 3.8) is 0 Å². The molecule has 4 rings (SSSR count). The highest BCUT2D eigenvalue weighted by Crippen LogP contribution is 2.24. The molecule has 3 heterocycles. The minimum Gasteiger partial charge on any atom is -0.486 e. The van der Waals surface area contributed by atoms with Crippen molar-refractivity contribution in [1.29, 1.82) is 0 Å². The standard InChI is InChI=1S/C20H18FN3O3/c21-15-5-3-14(4-6-15)10-20(25)24-9-7-19-17(12-24)18(23-27-19)13-26-16-2-1-8-22-11-16/h1-6,8,11H,7,9-10,12-13H2. The fourth-order valence-corrected chi connectivity index (χ4v) is 3.06. The van der Waals surface area contributed by atoms with Crippen LogP contribution in [0.25, 0.3) is 0 Å². The number of ether oxygens (including phenoxy) is 1. The zero-order valence-corrected chi connectivity index (χ0v) is 14.6. The molecule has 0 radical (unpaired) electrons. The summed E-state index contributed by atoms with van der Waals surface area (Å²) in [6.07, 6.45) is 4.16. The zero-order chi connectivity index (χ0) is 18.6. The molecule has 1 amide bonds. The number of carbonyl (C=O) groups excluding carboxylic acids is 1. The lowest BCUT2D eigenvalue weighted by Crippen LogP contribution is -2.36. The number of benzene rings is 1. The number of carbonyl (C=O) groups is 1. The maximum atomic E-state index is 13.0. The molecule has 2 aromatic heterocycles. The number of hydrogen-bond donors (Lipinski definition) is 0. The van der Waals surface area contributed by atoms with Crippen molar-refractivity contribution in [3.05, 3.63) is 77.2 Å². The molecular formula is C20H18FN3O3. The van der Waals surface area contributed by atoms with E-state index in [1.54, 1.807) is 35.5 Å². The van der Waals surface area contributed by atoms with Gasteiger partial charge in [-0.1, -0.05) is 17.3 Å². The van der Waals surface area contributed by atoms with Gasteiger partial charge in [0.15, 0.2) is 0 Å². The van der Waals surface area contributed by atoms with Gasteiger partial charge in [-0.2, -0.15) is 0 Å². The molecule has 0 bridgehead atoms. The van der Waals surface area contributed by atoms with Gasteiger partial charge in [0.1, 0.15) is 29.6 Å². The van der Waals surface area contributed by atoms with Crippen LogP contribution in [0.5, 0.6) is 5.75 Å². The number of aromatic nitrogens is 2. The Morgan fingerprint density at radius 3 is 2.89 bits per heavy atom. The van der Waals surface area contributed by atoms with Crippen LogP contribution in [0.3, 0.4) is 0 Å². The highest BCUT2D eigenvalue weighted by molar-refractivity contribution is 5.79. The maximum absolute atomic E-state index is 13.0. The van der Waals surface area contributed by atoms with E-state index in [1.807, 2.05) is 6.07 Å². The van der Waals surface area contributed by atoms with E-state index < -0.39 is 0 Å². The lowest BCUT2D eigenvalue weighted by Gasteiger charge is -2.26. The number of amides is 1. The lowest BCUT2D eigenvalue weighted by atomic mass is 10.0. The molecule has 0 atom stereocenters. The summed E-state index contributed by atoms with van der Waals surface area (Å²) in [5, 5.41) is 4.10. The molecule has 0 saturated carbocycles. The van der Waals surface area contributed by atoms with E-state index in [9.17, 15) is 9.18 Å². The quantitative estimate of drug-likeness (QED) is 0.694. The van der Waals surface area contributed by atoms with Crippen molar-refractivity contribution in [1.82, 2.24) is 15.0 Å². The second kappa shape index (κ2) is 7.57. The molecular weight excluding hydrogens is 349 g/mol. The Morgan fingerprint density at radius 1 is 1.26 bits per heavy atom. The maximum Gasteiger partial charge on any atom is 0.227 e. The first-order valence-electron chi connectivity index (χ1n) is 8.70. The van der Waals surface area contributed by atoms with Gasteiger partial charge in [0.25, 0.3) is 0 Å². The van der Waals surface area contributed by atoms with E-state index in [-0.39, 0.29) is 24.8 Å². The Balaban J connectivity index is 1.42. The van der Waals surface area contributed by atoms with Gasteiger partial charge in [-0.15, -0.1) is 0 Å². The summed E-state index contributed by atoms with van der Waals surface area (Å²) in [4.78, 5) is 18.4. The van der Waals surface area contributed by atoms with E-state index in [0.717, 1.165) is 16.9 Å². The predicted molar refractivity (Wildman–Crippen MR) is 94.3 cm³/mol. The molecule has 1 aromatic carbocycles. The minimum absolute atomic E-state index is 0.00686. The molecule has 0 unspecified atom stereocenters. The van der Waals surface area contributed by atoms with Crippen LogP contribution in [0.15, 0.2) is 53.3 Å². The van der Waals surface area contributed by atoms with Crippen LogP contribution < -0.4 is 4.74 Å². The molecule has 6 nitrogen and oxygen atoms in total. The van der Waals surface area contributed by atoms with Gasteiger partial charge >= 0.3 is 0 Å². The van der Waals surface area contributed by atoms with Crippen LogP contribution in [0.2, 0.25) is 0 Å². The minimum atomic E-state index is -0.309. The highest BCUT2D eigenvalue weighted by Gasteiger charge is 2.27. The van der Waals surface area contributed by atoms with Crippen molar-refractivity contribution in [3.8, 4) is 5.75 Å². The van der Waals surface area contributed by atoms with Crippen molar-refractivity contribution in [2.24, 2.45) is 0 Å². The van der Waals surface area contributed by atoms with Gasteiger partial charge in [0.2, 0.25) is 5.91 Å². The zero-order valence-electron chi connectivity index (χ0n) is 14.6. The van der Waals surface area contributed by atoms with E-state index in [2.05, 4.69) is 10.1 Å². The summed E-state index contributed by atoms with van der Waals surface area (Å²) < 4.78 is 24.1. The fraction of sp³-hybridized carbons (Fsp3) is 0.250. The van der Waals surface area contributed by atoms with Crippen molar-refractivity contribution in [2.75, 3.05) is 6.54 Å². The topological polar surface area (TPSA) is 68.5 Å². The first-order valence-corrected chi connectivity index (χ1v) is 8.70. The number of hydrogen-bond acceptors (Lipinski definition) is 5. The smallest absolute Gasteiger partial charge is 0.227 e. The summed E-state index contributed by atoms with van der Waals surface area (Å²) >= 11 is 0. The average Bonchev–Trinajstić information content (AvgIpc) is 3.11. The van der Waals surface area contributed by atoms with Crippen LogP contribution in [0.1, 0.15) is 22.6 Å². The Kier molecular flexibility index (Phi) is 4.82. The van der Waals surface area contributed by atoms with Crippen LogP contribution in [-0.4, -0.2) is 27.5 Å². The number of halogens is 1. The SMILES string of the molecule is O=C(Cc1ccc(F)cc1)N1CCc2onc(COc3cccnc3)c2C1. The monoisotopic (exact) mass is 367 g/mol. The third-order valence-electron chi connectivity index (χ3n) is 4.54. The van der Waals surface area contributed by atoms with Crippen molar-refractivity contribution >= 4 is 5.91 Å². The second-order valence-electron chi connectivity index (χ2n) is 6.38. The van der Waals surface area contributed by atoms with Gasteiger partial charge in [0.05, 0.1) is 19.2 Å². The second-order valence-corrected chi connectivity index (χ2v) is 6.38. The Hall–Kier alpha value is -3.22. The first kappa shape index (κ1) is 17.2. The van der Waals surface area contributed by atoms with E-state index in [1.165, 1.54) is 12.1 Å². The van der Waals surface area contributed by atoms with E-state index in [4.69, 9.17) is 9.26 Å². The van der Waals surface area contributed by atoms with Gasteiger partial charge in [0, 0.05) is 24.7 Å². The molecule has 3 aromatic rings. The number of nitrogens with zero attached hydrogens (tertiary/aromatic N) is 3. The third-order valence-corrected chi connectivity index (χ3v) is 4.54. The van der Waals surface area contributed by atoms with E-state index >= 15 is 0 Å². The van der Waals surface area contributed by atoms with Gasteiger partial charge < -0.3 is 14.2 Å². The van der Waals surface area contributed by atoms with Crippen molar-refractivity contribution < 1.29 is 18.4 Å². The van der Waals surface area contributed by atoms with Gasteiger partial charge in [-0.05, 0) is 29.8 Å². The molecule has 27 heavy (non-hydrogen) atoms. The normalized spacial score (nSPS) is 13.3. The van der Waals surface area contributed by atoms with E-state index in [0.29, 0.717) is 31.0 Å². The number of pyridine rings is 1. The summed E-state index contributed by atoms with van der Waals surface area (Å²) in [7, 11) is 0. The predicted octanol–water partition coefficient (Wildman–Crippen LogP) is 2.92. The lowest BCUT2D eigenvalue weighted by molar-refractivity contribution is -0.131. The Labute approximate surface area is 155 Å². The number of rotatable bonds is 5. The molecule has 0 aliphatic carbocycles. The molecule has 7 heteroatoms. The molecule has 138 valence electrons. The molecule has 1 aliphatic heterocycles. The summed E-state index contributed by atoms with van der Waals surface area (Å²) in [5.41, 5.74) is 2.38. The first-order chi connectivity index (χ1) is 13.2. The van der Waals surface area contributed by atoms with Crippen LogP contribution >= 0.6 is 0 Å². The molecule has 0 N–H and O–H groups in total. The molecule has 1 aliphatic rings. The Morgan fingerprint density at radius 2 is 2.11 bits per heavy atom. The summed E-state index contributed by atoms with van der Waals surface area (Å²) in [6.45, 7) is 1.26. The molecule has 0 fully saturated rings. The summed E-state index contributed by atoms with van der Waals surface area (Å²) in [6, 6.07) is 9.61. The molecule has 0 spiro atoms. The Bertz CT molecular complexity index is 925. The van der Waals surface area contributed by atoms with Crippen LogP contribution in [0, 0.1) is 5.82 Å². The molecule has 0 saturated heterocycles. The number of fused-ring (bicyclic) bond motifs is 1. The average molecular weight is 367 g/mol. The third kappa shape index (κ3) is 3.97. The summed E-state index contributed by atoms with van der Waals surface area (Å²) in [5.74, 6) is 1.13. The van der Waals surface area contributed by atoms with Crippen LogP contribution in [0.4, 0.5) is 4.39 Å². The fourth-order valence-electron chi connectivity index (χ4n) is 3.06. The van der Waals surface area contributed by atoms with Crippen molar-refractivity contribution in [2.45, 2.75) is 26.0 Å². The largest absolute Gasteiger partial charge is 0.486 e. The van der Waals surface area contributed by atoms with Gasteiger partial charge in [-0.3, -0.25) is 9.78 Å².